The maximum absolute atomic E-state index is 11.1. The van der Waals surface area contributed by atoms with Gasteiger partial charge >= 0.3 is 0 Å². The fourth-order valence-corrected chi connectivity index (χ4v) is 2.82. The first-order valence-electron chi connectivity index (χ1n) is 7.57. The van der Waals surface area contributed by atoms with Crippen LogP contribution in [0.25, 0.3) is 5.69 Å². The number of carbonyl (C=O) groups excluding carboxylic acids is 1. The molecule has 1 aliphatic heterocycles. The van der Waals surface area contributed by atoms with E-state index < -0.39 is 0 Å². The Labute approximate surface area is 129 Å². The molecule has 0 aliphatic carbocycles. The minimum atomic E-state index is 0.0197. The van der Waals surface area contributed by atoms with Crippen molar-refractivity contribution in [2.75, 3.05) is 24.5 Å². The second-order valence-corrected chi connectivity index (χ2v) is 5.62. The summed E-state index contributed by atoms with van der Waals surface area (Å²) in [5, 5.41) is 15.0. The summed E-state index contributed by atoms with van der Waals surface area (Å²) >= 11 is 0. The van der Waals surface area contributed by atoms with Gasteiger partial charge in [0.1, 0.15) is 0 Å². The number of anilines is 1. The highest BCUT2D eigenvalue weighted by molar-refractivity contribution is 5.72. The van der Waals surface area contributed by atoms with E-state index in [2.05, 4.69) is 25.7 Å². The average molecular weight is 300 g/mol. The van der Waals surface area contributed by atoms with Crippen molar-refractivity contribution in [1.29, 1.82) is 0 Å². The Morgan fingerprint density at radius 3 is 2.95 bits per heavy atom. The number of aromatic nitrogens is 4. The summed E-state index contributed by atoms with van der Waals surface area (Å²) in [4.78, 5) is 13.3. The van der Waals surface area contributed by atoms with Gasteiger partial charge in [0.2, 0.25) is 11.9 Å². The zero-order valence-electron chi connectivity index (χ0n) is 12.6. The third kappa shape index (κ3) is 3.24. The molecule has 7 nitrogen and oxygen atoms in total. The van der Waals surface area contributed by atoms with Crippen molar-refractivity contribution < 1.29 is 4.79 Å². The molecule has 0 saturated carbocycles. The van der Waals surface area contributed by atoms with E-state index in [-0.39, 0.29) is 5.91 Å². The van der Waals surface area contributed by atoms with E-state index in [0.717, 1.165) is 37.6 Å². The first-order chi connectivity index (χ1) is 10.7. The molecular formula is C15H20N6O. The van der Waals surface area contributed by atoms with Crippen molar-refractivity contribution in [3.63, 3.8) is 0 Å². The topological polar surface area (TPSA) is 75.9 Å². The van der Waals surface area contributed by atoms with E-state index in [1.807, 2.05) is 30.3 Å². The predicted molar refractivity (Wildman–Crippen MR) is 82.8 cm³/mol. The van der Waals surface area contributed by atoms with Crippen LogP contribution in [-0.4, -0.2) is 45.7 Å². The zero-order chi connectivity index (χ0) is 15.4. The Morgan fingerprint density at radius 1 is 1.36 bits per heavy atom. The van der Waals surface area contributed by atoms with E-state index in [1.165, 1.54) is 0 Å². The summed E-state index contributed by atoms with van der Waals surface area (Å²) in [6.07, 6.45) is 2.19. The molecule has 1 unspecified atom stereocenters. The summed E-state index contributed by atoms with van der Waals surface area (Å²) in [5.41, 5.74) is 0.950. The predicted octanol–water partition coefficient (Wildman–Crippen LogP) is 1.01. The molecular weight excluding hydrogens is 280 g/mol. The third-order valence-corrected chi connectivity index (χ3v) is 3.90. The molecule has 1 N–H and O–H groups in total. The zero-order valence-corrected chi connectivity index (χ0v) is 12.6. The van der Waals surface area contributed by atoms with Crippen molar-refractivity contribution >= 4 is 11.9 Å². The van der Waals surface area contributed by atoms with E-state index in [0.29, 0.717) is 12.5 Å². The van der Waals surface area contributed by atoms with E-state index in [4.69, 9.17) is 0 Å². The van der Waals surface area contributed by atoms with Crippen LogP contribution in [0, 0.1) is 5.92 Å². The van der Waals surface area contributed by atoms with Crippen molar-refractivity contribution in [3.8, 4) is 5.69 Å². The molecule has 1 fully saturated rings. The highest BCUT2D eigenvalue weighted by Gasteiger charge is 2.24. The number of rotatable bonds is 4. The number of piperidine rings is 1. The molecule has 3 rings (SSSR count). The summed E-state index contributed by atoms with van der Waals surface area (Å²) in [6.45, 7) is 4.05. The number of amides is 1. The van der Waals surface area contributed by atoms with Crippen LogP contribution in [0.15, 0.2) is 30.3 Å². The largest absolute Gasteiger partial charge is 0.356 e. The smallest absolute Gasteiger partial charge is 0.250 e. The number of para-hydroxylation sites is 1. The van der Waals surface area contributed by atoms with Gasteiger partial charge in [-0.05, 0) is 41.3 Å². The minimum absolute atomic E-state index is 0.0197. The third-order valence-electron chi connectivity index (χ3n) is 3.90. The van der Waals surface area contributed by atoms with Crippen LogP contribution in [0.3, 0.4) is 0 Å². The lowest BCUT2D eigenvalue weighted by Gasteiger charge is -2.32. The van der Waals surface area contributed by atoms with Crippen LogP contribution >= 0.6 is 0 Å². The Balaban J connectivity index is 1.74. The van der Waals surface area contributed by atoms with Crippen LogP contribution in [0.4, 0.5) is 5.95 Å². The summed E-state index contributed by atoms with van der Waals surface area (Å²) in [7, 11) is 0. The number of carbonyl (C=O) groups is 1. The molecule has 0 spiro atoms. The first kappa shape index (κ1) is 14.5. The molecule has 7 heteroatoms. The monoisotopic (exact) mass is 300 g/mol. The van der Waals surface area contributed by atoms with Crippen molar-refractivity contribution in [2.24, 2.45) is 5.92 Å². The number of nitrogens with zero attached hydrogens (tertiary/aromatic N) is 5. The molecule has 2 aromatic rings. The maximum Gasteiger partial charge on any atom is 0.250 e. The number of tetrazole rings is 1. The summed E-state index contributed by atoms with van der Waals surface area (Å²) < 4.78 is 1.76. The van der Waals surface area contributed by atoms with Crippen LogP contribution < -0.4 is 10.2 Å². The molecule has 1 aliphatic rings. The van der Waals surface area contributed by atoms with Crippen LogP contribution in [0.2, 0.25) is 0 Å². The second kappa shape index (κ2) is 6.55. The summed E-state index contributed by atoms with van der Waals surface area (Å²) in [5.74, 6) is 1.21. The molecule has 1 amide bonds. The molecule has 0 bridgehead atoms. The SMILES string of the molecule is CC(=O)NCC1CCCN(c2nnnn2-c2ccccc2)C1. The quantitative estimate of drug-likeness (QED) is 0.912. The van der Waals surface area contributed by atoms with Gasteiger partial charge in [-0.2, -0.15) is 4.68 Å². The van der Waals surface area contributed by atoms with E-state index in [1.54, 1.807) is 11.6 Å². The Bertz CT molecular complexity index is 626. The Morgan fingerprint density at radius 2 is 2.18 bits per heavy atom. The van der Waals surface area contributed by atoms with Crippen molar-refractivity contribution in [2.45, 2.75) is 19.8 Å². The molecule has 1 saturated heterocycles. The molecule has 2 heterocycles. The average Bonchev–Trinajstić information content (AvgIpc) is 3.04. The van der Waals surface area contributed by atoms with Crippen LogP contribution in [0.5, 0.6) is 0 Å². The lowest BCUT2D eigenvalue weighted by Crippen LogP contribution is -2.41. The molecule has 1 aromatic carbocycles. The Kier molecular flexibility index (Phi) is 4.32. The highest BCUT2D eigenvalue weighted by atomic mass is 16.1. The lowest BCUT2D eigenvalue weighted by molar-refractivity contribution is -0.119. The normalized spacial score (nSPS) is 18.2. The first-order valence-corrected chi connectivity index (χ1v) is 7.57. The minimum Gasteiger partial charge on any atom is -0.356 e. The number of nitrogens with one attached hydrogen (secondary N) is 1. The van der Waals surface area contributed by atoms with Crippen molar-refractivity contribution in [3.05, 3.63) is 30.3 Å². The van der Waals surface area contributed by atoms with Gasteiger partial charge in [-0.3, -0.25) is 4.79 Å². The maximum atomic E-state index is 11.1. The van der Waals surface area contributed by atoms with Gasteiger partial charge in [-0.25, -0.2) is 0 Å². The van der Waals surface area contributed by atoms with Gasteiger partial charge in [-0.1, -0.05) is 23.3 Å². The standard InChI is InChI=1S/C15H20N6O/c1-12(22)16-10-13-6-5-9-20(11-13)15-17-18-19-21(15)14-7-3-2-4-8-14/h2-4,7-8,13H,5-6,9-11H2,1H3,(H,16,22). The number of hydrogen-bond donors (Lipinski definition) is 1. The van der Waals surface area contributed by atoms with Crippen LogP contribution in [-0.2, 0) is 4.79 Å². The molecule has 0 radical (unpaired) electrons. The van der Waals surface area contributed by atoms with Gasteiger partial charge in [0.25, 0.3) is 0 Å². The fourth-order valence-electron chi connectivity index (χ4n) is 2.82. The Hall–Kier alpha value is -2.44. The fraction of sp³-hybridized carbons (Fsp3) is 0.467. The number of hydrogen-bond acceptors (Lipinski definition) is 5. The van der Waals surface area contributed by atoms with Gasteiger partial charge in [0, 0.05) is 26.6 Å². The molecule has 1 aromatic heterocycles. The molecule has 1 atom stereocenters. The van der Waals surface area contributed by atoms with Gasteiger partial charge in [-0.15, -0.1) is 0 Å². The second-order valence-electron chi connectivity index (χ2n) is 5.62. The van der Waals surface area contributed by atoms with Gasteiger partial charge < -0.3 is 10.2 Å². The van der Waals surface area contributed by atoms with E-state index in [9.17, 15) is 4.79 Å². The summed E-state index contributed by atoms with van der Waals surface area (Å²) in [6, 6.07) is 9.88. The molecule has 116 valence electrons. The number of benzene rings is 1. The highest BCUT2D eigenvalue weighted by Crippen LogP contribution is 2.22. The lowest BCUT2D eigenvalue weighted by atomic mass is 9.98. The van der Waals surface area contributed by atoms with Crippen LogP contribution in [0.1, 0.15) is 19.8 Å². The van der Waals surface area contributed by atoms with Gasteiger partial charge in [0.15, 0.2) is 0 Å². The van der Waals surface area contributed by atoms with Crippen molar-refractivity contribution in [1.82, 2.24) is 25.5 Å². The van der Waals surface area contributed by atoms with E-state index >= 15 is 0 Å². The molecule has 22 heavy (non-hydrogen) atoms. The van der Waals surface area contributed by atoms with Gasteiger partial charge in [0.05, 0.1) is 5.69 Å².